The number of hydrogen-bond donors (Lipinski definition) is 3. The lowest BCUT2D eigenvalue weighted by atomic mass is 10.00. The Labute approximate surface area is 543 Å². The number of esters is 4. The van der Waals surface area contributed by atoms with Gasteiger partial charge in [0.25, 0.3) is 0 Å². The number of hydrogen-bond acceptors (Lipinski definition) is 15. The molecule has 0 aromatic carbocycles. The monoisotopic (exact) mass is 1310 g/mol. The molecule has 3 N–H and O–H groups in total. The van der Waals surface area contributed by atoms with Crippen LogP contribution in [-0.2, 0) is 65.4 Å². The Hall–Kier alpha value is -1.94. The van der Waals surface area contributed by atoms with E-state index in [0.29, 0.717) is 25.7 Å². The number of aliphatic hydroxyl groups excluding tert-OH is 1. The highest BCUT2D eigenvalue weighted by Crippen LogP contribution is 2.45. The van der Waals surface area contributed by atoms with Gasteiger partial charge in [-0.3, -0.25) is 37.3 Å². The van der Waals surface area contributed by atoms with Crippen molar-refractivity contribution in [1.29, 1.82) is 0 Å². The van der Waals surface area contributed by atoms with Crippen LogP contribution in [0.25, 0.3) is 0 Å². The lowest BCUT2D eigenvalue weighted by Gasteiger charge is -2.21. The predicted molar refractivity (Wildman–Crippen MR) is 358 cm³/mol. The van der Waals surface area contributed by atoms with Crippen molar-refractivity contribution in [3.05, 3.63) is 0 Å². The summed E-state index contributed by atoms with van der Waals surface area (Å²) in [4.78, 5) is 72.5. The zero-order valence-corrected chi connectivity index (χ0v) is 59.7. The zero-order chi connectivity index (χ0) is 65.9. The molecule has 528 valence electrons. The highest BCUT2D eigenvalue weighted by atomic mass is 31.2. The van der Waals surface area contributed by atoms with Crippen LogP contribution in [0.1, 0.15) is 350 Å². The molecule has 0 amide bonds. The molecule has 0 aliphatic carbocycles. The first-order chi connectivity index (χ1) is 42.8. The minimum atomic E-state index is -4.95. The Morgan fingerprint density at radius 2 is 0.573 bits per heavy atom. The van der Waals surface area contributed by atoms with Crippen molar-refractivity contribution in [1.82, 2.24) is 0 Å². The van der Waals surface area contributed by atoms with E-state index in [1.54, 1.807) is 0 Å². The van der Waals surface area contributed by atoms with E-state index in [1.807, 2.05) is 0 Å². The Morgan fingerprint density at radius 1 is 0.326 bits per heavy atom. The second kappa shape index (κ2) is 61.0. The third-order valence-corrected chi connectivity index (χ3v) is 18.4. The Morgan fingerprint density at radius 3 is 0.854 bits per heavy atom. The van der Waals surface area contributed by atoms with Crippen molar-refractivity contribution >= 4 is 39.5 Å². The summed E-state index contributed by atoms with van der Waals surface area (Å²) < 4.78 is 68.3. The standard InChI is InChI=1S/C70H136O17P2/c1-8-10-11-12-13-14-17-25-30-39-46-53-69(74)87-66(58-81-68(73)52-45-38-33-32-36-43-50-63(7)9-2)60-85-89(78,79)83-56-64(71)55-82-88(76,77)84-59-65(86-70(75)54-47-40-31-26-21-16-19-23-28-35-42-49-62(5)6)57-80-67(72)51-44-37-29-24-20-15-18-22-27-34-41-48-61(3)4/h61-66,71H,8-60H2,1-7H3,(H,76,77)(H,78,79)/t63?,64-,65-,66-/m1/s1. The minimum absolute atomic E-state index is 0.106. The number of ether oxygens (including phenoxy) is 4. The third kappa shape index (κ3) is 63.2. The second-order valence-electron chi connectivity index (χ2n) is 26.5. The fourth-order valence-electron chi connectivity index (χ4n) is 10.5. The molecule has 0 fully saturated rings. The van der Waals surface area contributed by atoms with Crippen molar-refractivity contribution in [3.8, 4) is 0 Å². The van der Waals surface area contributed by atoms with Crippen LogP contribution in [0.15, 0.2) is 0 Å². The number of phosphoric acid groups is 2. The lowest BCUT2D eigenvalue weighted by Crippen LogP contribution is -2.30. The molecule has 0 radical (unpaired) electrons. The van der Waals surface area contributed by atoms with Gasteiger partial charge in [-0.2, -0.15) is 0 Å². The van der Waals surface area contributed by atoms with Gasteiger partial charge < -0.3 is 33.8 Å². The number of aliphatic hydroxyl groups is 1. The Balaban J connectivity index is 5.26. The van der Waals surface area contributed by atoms with Crippen LogP contribution in [0.3, 0.4) is 0 Å². The van der Waals surface area contributed by atoms with Crippen LogP contribution >= 0.6 is 15.6 Å². The van der Waals surface area contributed by atoms with E-state index in [0.717, 1.165) is 114 Å². The maximum Gasteiger partial charge on any atom is 0.472 e. The van der Waals surface area contributed by atoms with E-state index in [4.69, 9.17) is 37.0 Å². The van der Waals surface area contributed by atoms with Gasteiger partial charge in [-0.05, 0) is 43.4 Å². The van der Waals surface area contributed by atoms with Crippen LogP contribution < -0.4 is 0 Å². The largest absolute Gasteiger partial charge is 0.472 e. The van der Waals surface area contributed by atoms with Gasteiger partial charge in [-0.1, -0.05) is 299 Å². The quantitative estimate of drug-likeness (QED) is 0.0222. The number of phosphoric ester groups is 2. The van der Waals surface area contributed by atoms with Gasteiger partial charge in [-0.25, -0.2) is 9.13 Å². The van der Waals surface area contributed by atoms with Crippen molar-refractivity contribution < 1.29 is 80.2 Å². The molecule has 3 unspecified atom stereocenters. The van der Waals surface area contributed by atoms with Crippen LogP contribution in [-0.4, -0.2) is 96.7 Å². The fraction of sp³-hybridized carbons (Fsp3) is 0.943. The average molecular weight is 1310 g/mol. The summed E-state index contributed by atoms with van der Waals surface area (Å²) in [7, 11) is -9.90. The summed E-state index contributed by atoms with van der Waals surface area (Å²) in [6.07, 6.45) is 44.3. The summed E-state index contributed by atoms with van der Waals surface area (Å²) in [6, 6.07) is 0. The first kappa shape index (κ1) is 87.1. The van der Waals surface area contributed by atoms with Gasteiger partial charge >= 0.3 is 39.5 Å². The zero-order valence-electron chi connectivity index (χ0n) is 57.9. The molecule has 0 aliphatic rings. The maximum absolute atomic E-state index is 13.0. The molecule has 0 saturated heterocycles. The van der Waals surface area contributed by atoms with E-state index in [-0.39, 0.29) is 25.7 Å². The van der Waals surface area contributed by atoms with Crippen LogP contribution in [0, 0.1) is 17.8 Å². The summed E-state index contributed by atoms with van der Waals surface area (Å²) >= 11 is 0. The number of carbonyl (C=O) groups is 4. The molecule has 0 spiro atoms. The molecular weight excluding hydrogens is 1170 g/mol. The summed E-state index contributed by atoms with van der Waals surface area (Å²) in [5, 5.41) is 10.6. The highest BCUT2D eigenvalue weighted by molar-refractivity contribution is 7.47. The van der Waals surface area contributed by atoms with Crippen molar-refractivity contribution in [2.24, 2.45) is 17.8 Å². The molecule has 0 saturated carbocycles. The SMILES string of the molecule is CCCCCCCCCCCCCC(=O)O[C@H](COC(=O)CCCCCCCCC(C)CC)COP(=O)(O)OC[C@H](O)COP(=O)(O)OC[C@@H](COC(=O)CCCCCCCCCCCCCC(C)C)OC(=O)CCCCCCCCCCCCCC(C)C. The van der Waals surface area contributed by atoms with Crippen LogP contribution in [0.4, 0.5) is 0 Å². The van der Waals surface area contributed by atoms with Gasteiger partial charge in [-0.15, -0.1) is 0 Å². The molecular formula is C70H136O17P2. The molecule has 0 aliphatic heterocycles. The average Bonchev–Trinajstić information content (AvgIpc) is 3.71. The Kier molecular flexibility index (Phi) is 59.6. The second-order valence-corrected chi connectivity index (χ2v) is 29.4. The highest BCUT2D eigenvalue weighted by Gasteiger charge is 2.30. The lowest BCUT2D eigenvalue weighted by molar-refractivity contribution is -0.161. The minimum Gasteiger partial charge on any atom is -0.462 e. The van der Waals surface area contributed by atoms with E-state index < -0.39 is 97.5 Å². The number of carbonyl (C=O) groups excluding carboxylic acids is 4. The van der Waals surface area contributed by atoms with Crippen molar-refractivity contribution in [2.75, 3.05) is 39.6 Å². The Bertz CT molecular complexity index is 1750. The van der Waals surface area contributed by atoms with Gasteiger partial charge in [0, 0.05) is 25.7 Å². The fourth-order valence-corrected chi connectivity index (χ4v) is 12.1. The van der Waals surface area contributed by atoms with Gasteiger partial charge in [0.2, 0.25) is 0 Å². The van der Waals surface area contributed by atoms with Crippen molar-refractivity contribution in [3.63, 3.8) is 0 Å². The molecule has 6 atom stereocenters. The maximum atomic E-state index is 13.0. The van der Waals surface area contributed by atoms with Crippen molar-refractivity contribution in [2.45, 2.75) is 369 Å². The molecule has 17 nitrogen and oxygen atoms in total. The van der Waals surface area contributed by atoms with Crippen LogP contribution in [0.5, 0.6) is 0 Å². The first-order valence-corrected chi connectivity index (χ1v) is 39.4. The number of rotatable bonds is 68. The molecule has 0 heterocycles. The van der Waals surface area contributed by atoms with Gasteiger partial charge in [0.1, 0.15) is 19.3 Å². The van der Waals surface area contributed by atoms with E-state index in [1.165, 1.54) is 154 Å². The molecule has 89 heavy (non-hydrogen) atoms. The van der Waals surface area contributed by atoms with Gasteiger partial charge in [0.05, 0.1) is 26.4 Å². The molecule has 0 rings (SSSR count). The summed E-state index contributed by atoms with van der Waals surface area (Å²) in [5.74, 6) is 0.141. The molecule has 0 aromatic heterocycles. The van der Waals surface area contributed by atoms with E-state index in [2.05, 4.69) is 48.5 Å². The topological polar surface area (TPSA) is 237 Å². The molecule has 0 bridgehead atoms. The predicted octanol–water partition coefficient (Wildman–Crippen LogP) is 19.8. The first-order valence-electron chi connectivity index (χ1n) is 36.4. The normalized spacial score (nSPS) is 14.5. The smallest absolute Gasteiger partial charge is 0.462 e. The summed E-state index contributed by atoms with van der Waals surface area (Å²) in [5.41, 5.74) is 0. The third-order valence-electron chi connectivity index (χ3n) is 16.5. The van der Waals surface area contributed by atoms with Crippen LogP contribution in [0.2, 0.25) is 0 Å². The summed E-state index contributed by atoms with van der Waals surface area (Å²) in [6.45, 7) is 11.8. The van der Waals surface area contributed by atoms with E-state index >= 15 is 0 Å². The van der Waals surface area contributed by atoms with E-state index in [9.17, 15) is 43.2 Å². The van der Waals surface area contributed by atoms with Gasteiger partial charge in [0.15, 0.2) is 12.2 Å². The molecule has 0 aromatic rings. The molecule has 19 heteroatoms. The number of unbranched alkanes of at least 4 members (excludes halogenated alkanes) is 35.